The summed E-state index contributed by atoms with van der Waals surface area (Å²) in [4.78, 5) is 8.04. The van der Waals surface area contributed by atoms with E-state index in [2.05, 4.69) is 31.2 Å². The molecule has 88 valence electrons. The summed E-state index contributed by atoms with van der Waals surface area (Å²) in [7, 11) is 0. The van der Waals surface area contributed by atoms with Crippen molar-refractivity contribution in [3.05, 3.63) is 52.1 Å². The van der Waals surface area contributed by atoms with E-state index in [9.17, 15) is 4.39 Å². The minimum absolute atomic E-state index is 0.230. The largest absolute Gasteiger partial charge is 0.366 e. The predicted octanol–water partition coefficient (Wildman–Crippen LogP) is 3.30. The van der Waals surface area contributed by atoms with Crippen LogP contribution >= 0.6 is 15.9 Å². The maximum atomic E-state index is 13.5. The van der Waals surface area contributed by atoms with Crippen LogP contribution in [-0.4, -0.2) is 9.97 Å². The SMILES string of the molecule is Cc1cc(NCc2cc(Br)ccc2F)ncn1. The standard InChI is InChI=1S/C12H11BrFN3/c1-8-4-12(17-7-16-8)15-6-9-5-10(13)2-3-11(9)14/h2-5,7H,6H2,1H3,(H,15,16,17). The molecule has 0 aliphatic rings. The molecule has 0 radical (unpaired) electrons. The fourth-order valence-electron chi connectivity index (χ4n) is 1.42. The second-order valence-corrected chi connectivity index (χ2v) is 4.55. The Bertz CT molecular complexity index is 531. The first-order chi connectivity index (χ1) is 8.15. The molecule has 0 unspecified atom stereocenters. The highest BCUT2D eigenvalue weighted by Crippen LogP contribution is 2.16. The molecular weight excluding hydrogens is 285 g/mol. The Labute approximate surface area is 107 Å². The van der Waals surface area contributed by atoms with Crippen LogP contribution in [0.5, 0.6) is 0 Å². The van der Waals surface area contributed by atoms with Crippen LogP contribution in [-0.2, 0) is 6.54 Å². The number of nitrogens with one attached hydrogen (secondary N) is 1. The van der Waals surface area contributed by atoms with Gasteiger partial charge in [-0.1, -0.05) is 15.9 Å². The van der Waals surface area contributed by atoms with E-state index in [1.54, 1.807) is 12.1 Å². The van der Waals surface area contributed by atoms with E-state index >= 15 is 0 Å². The number of nitrogens with zero attached hydrogens (tertiary/aromatic N) is 2. The molecule has 2 rings (SSSR count). The average Bonchev–Trinajstić information content (AvgIpc) is 2.30. The van der Waals surface area contributed by atoms with Crippen molar-refractivity contribution in [2.45, 2.75) is 13.5 Å². The van der Waals surface area contributed by atoms with Gasteiger partial charge in [-0.15, -0.1) is 0 Å². The summed E-state index contributed by atoms with van der Waals surface area (Å²) in [6.45, 7) is 2.27. The van der Waals surface area contributed by atoms with Gasteiger partial charge in [-0.2, -0.15) is 0 Å². The zero-order chi connectivity index (χ0) is 12.3. The van der Waals surface area contributed by atoms with Crippen LogP contribution in [0.25, 0.3) is 0 Å². The highest BCUT2D eigenvalue weighted by Gasteiger charge is 2.03. The fourth-order valence-corrected chi connectivity index (χ4v) is 1.82. The van der Waals surface area contributed by atoms with Gasteiger partial charge in [-0.25, -0.2) is 14.4 Å². The van der Waals surface area contributed by atoms with Gasteiger partial charge >= 0.3 is 0 Å². The number of benzene rings is 1. The summed E-state index contributed by atoms with van der Waals surface area (Å²) in [5.41, 5.74) is 1.47. The van der Waals surface area contributed by atoms with Crippen molar-refractivity contribution in [3.63, 3.8) is 0 Å². The highest BCUT2D eigenvalue weighted by molar-refractivity contribution is 9.10. The predicted molar refractivity (Wildman–Crippen MR) is 68.2 cm³/mol. The third kappa shape index (κ3) is 3.23. The van der Waals surface area contributed by atoms with Crippen LogP contribution in [0.2, 0.25) is 0 Å². The first-order valence-electron chi connectivity index (χ1n) is 5.11. The van der Waals surface area contributed by atoms with Gasteiger partial charge in [0.2, 0.25) is 0 Å². The number of rotatable bonds is 3. The molecule has 0 bridgehead atoms. The van der Waals surface area contributed by atoms with Gasteiger partial charge in [0.15, 0.2) is 0 Å². The molecule has 0 amide bonds. The Hall–Kier alpha value is -1.49. The molecular formula is C12H11BrFN3. The number of aromatic nitrogens is 2. The molecule has 0 fully saturated rings. The number of hydrogen-bond donors (Lipinski definition) is 1. The lowest BCUT2D eigenvalue weighted by molar-refractivity contribution is 0.612. The summed E-state index contributed by atoms with van der Waals surface area (Å²) in [6, 6.07) is 6.67. The molecule has 0 aliphatic carbocycles. The quantitative estimate of drug-likeness (QED) is 0.944. The van der Waals surface area contributed by atoms with Gasteiger partial charge in [-0.3, -0.25) is 0 Å². The molecule has 0 atom stereocenters. The van der Waals surface area contributed by atoms with E-state index in [1.165, 1.54) is 12.4 Å². The first kappa shape index (κ1) is 12.0. The molecule has 1 aromatic carbocycles. The van der Waals surface area contributed by atoms with Crippen LogP contribution < -0.4 is 5.32 Å². The van der Waals surface area contributed by atoms with Crippen molar-refractivity contribution in [2.24, 2.45) is 0 Å². The summed E-state index contributed by atoms with van der Waals surface area (Å²) in [6.07, 6.45) is 1.48. The normalized spacial score (nSPS) is 10.3. The monoisotopic (exact) mass is 295 g/mol. The second-order valence-electron chi connectivity index (χ2n) is 3.63. The molecule has 0 spiro atoms. The van der Waals surface area contributed by atoms with Gasteiger partial charge in [0.05, 0.1) is 0 Å². The number of halogens is 2. The highest BCUT2D eigenvalue weighted by atomic mass is 79.9. The lowest BCUT2D eigenvalue weighted by atomic mass is 10.2. The third-order valence-corrected chi connectivity index (χ3v) is 2.76. The van der Waals surface area contributed by atoms with E-state index in [0.717, 1.165) is 10.2 Å². The Morgan fingerprint density at radius 1 is 1.29 bits per heavy atom. The Balaban J connectivity index is 2.09. The Morgan fingerprint density at radius 2 is 2.12 bits per heavy atom. The van der Waals surface area contributed by atoms with Crippen LogP contribution in [0.15, 0.2) is 35.1 Å². The number of hydrogen-bond acceptors (Lipinski definition) is 3. The number of aryl methyl sites for hydroxylation is 1. The molecule has 1 N–H and O–H groups in total. The minimum atomic E-state index is -0.230. The van der Waals surface area contributed by atoms with Crippen LogP contribution in [0.4, 0.5) is 10.2 Å². The fraction of sp³-hybridized carbons (Fsp3) is 0.167. The van der Waals surface area contributed by atoms with Gasteiger partial charge < -0.3 is 5.32 Å². The van der Waals surface area contributed by atoms with Gasteiger partial charge in [-0.05, 0) is 25.1 Å². The van der Waals surface area contributed by atoms with Crippen LogP contribution in [0, 0.1) is 12.7 Å². The molecule has 1 aromatic heterocycles. The molecule has 5 heteroatoms. The summed E-state index contributed by atoms with van der Waals surface area (Å²) in [5, 5.41) is 3.06. The number of anilines is 1. The van der Waals surface area contributed by atoms with E-state index < -0.39 is 0 Å². The maximum Gasteiger partial charge on any atom is 0.129 e. The summed E-state index contributed by atoms with van der Waals surface area (Å²) in [5.74, 6) is 0.461. The van der Waals surface area contributed by atoms with Crippen molar-refractivity contribution in [2.75, 3.05) is 5.32 Å². The topological polar surface area (TPSA) is 37.8 Å². The smallest absolute Gasteiger partial charge is 0.129 e. The van der Waals surface area contributed by atoms with E-state index in [0.29, 0.717) is 17.9 Å². The molecule has 0 saturated carbocycles. The zero-order valence-electron chi connectivity index (χ0n) is 9.24. The zero-order valence-corrected chi connectivity index (χ0v) is 10.8. The lowest BCUT2D eigenvalue weighted by Crippen LogP contribution is -2.04. The van der Waals surface area contributed by atoms with Gasteiger partial charge in [0, 0.05) is 28.3 Å². The molecule has 3 nitrogen and oxygen atoms in total. The molecule has 0 aliphatic heterocycles. The van der Waals surface area contributed by atoms with E-state index in [-0.39, 0.29) is 5.82 Å². The van der Waals surface area contributed by atoms with E-state index in [4.69, 9.17) is 0 Å². The van der Waals surface area contributed by atoms with Crippen molar-refractivity contribution in [3.8, 4) is 0 Å². The second kappa shape index (κ2) is 5.23. The van der Waals surface area contributed by atoms with Crippen molar-refractivity contribution in [1.82, 2.24) is 9.97 Å². The third-order valence-electron chi connectivity index (χ3n) is 2.27. The lowest BCUT2D eigenvalue weighted by Gasteiger charge is -2.07. The Kier molecular flexibility index (Phi) is 3.68. The van der Waals surface area contributed by atoms with Gasteiger partial charge in [0.1, 0.15) is 18.0 Å². The molecule has 0 saturated heterocycles. The van der Waals surface area contributed by atoms with Crippen molar-refractivity contribution < 1.29 is 4.39 Å². The van der Waals surface area contributed by atoms with Crippen molar-refractivity contribution >= 4 is 21.7 Å². The van der Waals surface area contributed by atoms with Crippen LogP contribution in [0.1, 0.15) is 11.3 Å². The van der Waals surface area contributed by atoms with E-state index in [1.807, 2.05) is 13.0 Å². The minimum Gasteiger partial charge on any atom is -0.366 e. The summed E-state index contributed by atoms with van der Waals surface area (Å²) < 4.78 is 14.3. The first-order valence-corrected chi connectivity index (χ1v) is 5.91. The molecule has 1 heterocycles. The van der Waals surface area contributed by atoms with Gasteiger partial charge in [0.25, 0.3) is 0 Å². The van der Waals surface area contributed by atoms with Crippen molar-refractivity contribution in [1.29, 1.82) is 0 Å². The summed E-state index contributed by atoms with van der Waals surface area (Å²) >= 11 is 3.31. The maximum absolute atomic E-state index is 13.5. The average molecular weight is 296 g/mol. The Morgan fingerprint density at radius 3 is 2.88 bits per heavy atom. The molecule has 2 aromatic rings. The molecule has 17 heavy (non-hydrogen) atoms. The van der Waals surface area contributed by atoms with Crippen LogP contribution in [0.3, 0.4) is 0 Å².